The summed E-state index contributed by atoms with van der Waals surface area (Å²) in [6.45, 7) is 0. The van der Waals surface area contributed by atoms with Crippen LogP contribution in [0.3, 0.4) is 0 Å². The molecular formula is C18H23ClFN. The van der Waals surface area contributed by atoms with Crippen LogP contribution in [0, 0.1) is 35.4 Å². The van der Waals surface area contributed by atoms with Crippen molar-refractivity contribution in [3.05, 3.63) is 34.6 Å². The quantitative estimate of drug-likeness (QED) is 0.879. The first kappa shape index (κ1) is 14.0. The second kappa shape index (κ2) is 5.24. The van der Waals surface area contributed by atoms with Gasteiger partial charge in [-0.1, -0.05) is 11.6 Å². The van der Waals surface area contributed by atoms with Crippen molar-refractivity contribution >= 4 is 11.6 Å². The number of nitrogens with two attached hydrogens (primary N) is 1. The number of halogens is 2. The minimum absolute atomic E-state index is 0.124. The molecule has 1 atom stereocenters. The fraction of sp³-hybridized carbons (Fsp3) is 0.667. The standard InChI is InChI=1S/C18H23ClFN/c19-16-2-1-15(20)8-12(16)9-17(21)18-13-4-10-3-11(6-13)7-14(18)5-10/h1-2,8,10-11,13-14,17-18H,3-7,9,21H2. The Morgan fingerprint density at radius 3 is 2.33 bits per heavy atom. The van der Waals surface area contributed by atoms with E-state index < -0.39 is 0 Å². The van der Waals surface area contributed by atoms with E-state index in [1.165, 1.54) is 38.2 Å². The van der Waals surface area contributed by atoms with Gasteiger partial charge in [0.1, 0.15) is 5.82 Å². The van der Waals surface area contributed by atoms with Crippen LogP contribution in [0.25, 0.3) is 0 Å². The highest BCUT2D eigenvalue weighted by atomic mass is 35.5. The van der Waals surface area contributed by atoms with Crippen LogP contribution in [0.1, 0.15) is 37.7 Å². The van der Waals surface area contributed by atoms with Gasteiger partial charge in [0.05, 0.1) is 0 Å². The lowest BCUT2D eigenvalue weighted by Crippen LogP contribution is -2.52. The van der Waals surface area contributed by atoms with E-state index in [4.69, 9.17) is 17.3 Å². The summed E-state index contributed by atoms with van der Waals surface area (Å²) in [5.74, 6) is 3.96. The van der Waals surface area contributed by atoms with E-state index in [0.717, 1.165) is 29.2 Å². The van der Waals surface area contributed by atoms with Crippen LogP contribution in [-0.2, 0) is 6.42 Å². The minimum atomic E-state index is -0.216. The molecule has 3 heteroatoms. The Balaban J connectivity index is 1.52. The van der Waals surface area contributed by atoms with Crippen molar-refractivity contribution in [2.75, 3.05) is 0 Å². The van der Waals surface area contributed by atoms with Crippen molar-refractivity contribution in [2.45, 2.75) is 44.6 Å². The lowest BCUT2D eigenvalue weighted by atomic mass is 9.50. The Morgan fingerprint density at radius 2 is 1.71 bits per heavy atom. The summed E-state index contributed by atoms with van der Waals surface area (Å²) in [5, 5.41) is 0.649. The van der Waals surface area contributed by atoms with Gasteiger partial charge in [-0.15, -0.1) is 0 Å². The molecule has 21 heavy (non-hydrogen) atoms. The third-order valence-corrected chi connectivity index (χ3v) is 6.63. The topological polar surface area (TPSA) is 26.0 Å². The van der Waals surface area contributed by atoms with Crippen LogP contribution in [-0.4, -0.2) is 6.04 Å². The van der Waals surface area contributed by atoms with Crippen LogP contribution < -0.4 is 5.73 Å². The van der Waals surface area contributed by atoms with Crippen LogP contribution in [0.2, 0.25) is 5.02 Å². The van der Waals surface area contributed by atoms with Gasteiger partial charge in [0.25, 0.3) is 0 Å². The van der Waals surface area contributed by atoms with Gasteiger partial charge in [-0.2, -0.15) is 0 Å². The van der Waals surface area contributed by atoms with Gasteiger partial charge in [-0.3, -0.25) is 0 Å². The average molecular weight is 308 g/mol. The van der Waals surface area contributed by atoms with Gasteiger partial charge in [0.15, 0.2) is 0 Å². The Labute approximate surface area is 131 Å². The highest BCUT2D eigenvalue weighted by molar-refractivity contribution is 6.31. The molecule has 0 amide bonds. The van der Waals surface area contributed by atoms with E-state index >= 15 is 0 Å². The number of hydrogen-bond donors (Lipinski definition) is 1. The zero-order valence-electron chi connectivity index (χ0n) is 12.3. The molecule has 0 heterocycles. The molecule has 1 nitrogen and oxygen atoms in total. The van der Waals surface area contributed by atoms with Crippen LogP contribution in [0.5, 0.6) is 0 Å². The number of benzene rings is 1. The zero-order chi connectivity index (χ0) is 14.6. The summed E-state index contributed by atoms with van der Waals surface area (Å²) in [5.41, 5.74) is 7.44. The Kier molecular flexibility index (Phi) is 3.50. The zero-order valence-corrected chi connectivity index (χ0v) is 13.0. The molecule has 1 aromatic carbocycles. The van der Waals surface area contributed by atoms with Crippen LogP contribution >= 0.6 is 11.6 Å². The third-order valence-electron chi connectivity index (χ3n) is 6.26. The summed E-state index contributed by atoms with van der Waals surface area (Å²) in [6, 6.07) is 4.74. The smallest absolute Gasteiger partial charge is 0.123 e. The van der Waals surface area contributed by atoms with Crippen molar-refractivity contribution in [1.29, 1.82) is 0 Å². The molecule has 1 unspecified atom stereocenters. The Hall–Kier alpha value is -0.600. The fourth-order valence-corrected chi connectivity index (χ4v) is 5.95. The molecule has 5 rings (SSSR count). The van der Waals surface area contributed by atoms with E-state index in [0.29, 0.717) is 17.4 Å². The molecule has 114 valence electrons. The van der Waals surface area contributed by atoms with E-state index in [2.05, 4.69) is 0 Å². The van der Waals surface area contributed by atoms with Gasteiger partial charge < -0.3 is 5.73 Å². The van der Waals surface area contributed by atoms with E-state index in [9.17, 15) is 4.39 Å². The maximum Gasteiger partial charge on any atom is 0.123 e. The molecule has 0 saturated heterocycles. The predicted molar refractivity (Wildman–Crippen MR) is 83.6 cm³/mol. The number of hydrogen-bond acceptors (Lipinski definition) is 1. The van der Waals surface area contributed by atoms with E-state index in [1.54, 1.807) is 12.1 Å². The minimum Gasteiger partial charge on any atom is -0.327 e. The lowest BCUT2D eigenvalue weighted by molar-refractivity contribution is -0.0464. The maximum absolute atomic E-state index is 13.4. The first-order valence-electron chi connectivity index (χ1n) is 8.29. The maximum atomic E-state index is 13.4. The molecule has 4 saturated carbocycles. The molecule has 1 aromatic rings. The fourth-order valence-electron chi connectivity index (χ4n) is 5.76. The van der Waals surface area contributed by atoms with Crippen molar-refractivity contribution in [2.24, 2.45) is 35.3 Å². The van der Waals surface area contributed by atoms with E-state index in [-0.39, 0.29) is 11.9 Å². The highest BCUT2D eigenvalue weighted by Crippen LogP contribution is 2.57. The molecule has 0 spiro atoms. The normalized spacial score (nSPS) is 38.7. The molecule has 0 radical (unpaired) electrons. The van der Waals surface area contributed by atoms with Crippen molar-refractivity contribution in [3.8, 4) is 0 Å². The molecule has 0 aromatic heterocycles. The van der Waals surface area contributed by atoms with Crippen molar-refractivity contribution < 1.29 is 4.39 Å². The highest BCUT2D eigenvalue weighted by Gasteiger charge is 2.49. The summed E-state index contributed by atoms with van der Waals surface area (Å²) < 4.78 is 13.4. The molecule has 4 bridgehead atoms. The monoisotopic (exact) mass is 307 g/mol. The van der Waals surface area contributed by atoms with Crippen LogP contribution in [0.15, 0.2) is 18.2 Å². The largest absolute Gasteiger partial charge is 0.327 e. The van der Waals surface area contributed by atoms with Gasteiger partial charge in [-0.25, -0.2) is 4.39 Å². The molecule has 4 aliphatic rings. The average Bonchev–Trinajstić information content (AvgIpc) is 2.41. The predicted octanol–water partition coefficient (Wildman–Crippen LogP) is 4.42. The lowest BCUT2D eigenvalue weighted by Gasteiger charge is -2.56. The second-order valence-electron chi connectivity index (χ2n) is 7.61. The molecule has 4 aliphatic carbocycles. The van der Waals surface area contributed by atoms with Gasteiger partial charge >= 0.3 is 0 Å². The Bertz CT molecular complexity index is 516. The van der Waals surface area contributed by atoms with Crippen LogP contribution in [0.4, 0.5) is 4.39 Å². The molecule has 4 fully saturated rings. The second-order valence-corrected chi connectivity index (χ2v) is 8.02. The summed E-state index contributed by atoms with van der Waals surface area (Å²) in [4.78, 5) is 0. The number of rotatable bonds is 3. The van der Waals surface area contributed by atoms with Crippen molar-refractivity contribution in [3.63, 3.8) is 0 Å². The molecule has 0 aliphatic heterocycles. The van der Waals surface area contributed by atoms with Gasteiger partial charge in [-0.05, 0) is 91.9 Å². The summed E-state index contributed by atoms with van der Waals surface area (Å²) >= 11 is 6.21. The SMILES string of the molecule is NC(Cc1cc(F)ccc1Cl)C1C2CC3CC(C2)CC1C3. The first-order chi connectivity index (χ1) is 10.1. The third kappa shape index (κ3) is 2.51. The summed E-state index contributed by atoms with van der Waals surface area (Å²) in [6.07, 6.45) is 7.68. The Morgan fingerprint density at radius 1 is 1.10 bits per heavy atom. The molecule has 2 N–H and O–H groups in total. The summed E-state index contributed by atoms with van der Waals surface area (Å²) in [7, 11) is 0. The molecular weight excluding hydrogens is 285 g/mol. The first-order valence-corrected chi connectivity index (χ1v) is 8.67. The van der Waals surface area contributed by atoms with Gasteiger partial charge in [0.2, 0.25) is 0 Å². The van der Waals surface area contributed by atoms with E-state index in [1.807, 2.05) is 0 Å². The van der Waals surface area contributed by atoms with Crippen molar-refractivity contribution in [1.82, 2.24) is 0 Å². The van der Waals surface area contributed by atoms with Gasteiger partial charge in [0, 0.05) is 11.1 Å².